The topological polar surface area (TPSA) is 17.8 Å². The molecule has 2 nitrogen and oxygen atoms in total. The van der Waals surface area contributed by atoms with Crippen molar-refractivity contribution in [2.24, 2.45) is 0 Å². The van der Waals surface area contributed by atoms with Gasteiger partial charge in [0.05, 0.1) is 11.0 Å². The molecule has 0 atom stereocenters. The molecule has 0 saturated carbocycles. The predicted octanol–water partition coefficient (Wildman–Crippen LogP) is 12.1. The predicted molar refractivity (Wildman–Crippen MR) is 236 cm³/mol. The van der Waals surface area contributed by atoms with Crippen LogP contribution in [0.3, 0.4) is 0 Å². The maximum atomic E-state index is 5.12. The number of nitrogens with zero attached hydrogens (tertiary/aromatic N) is 2. The Kier molecular flexibility index (Phi) is 8.42. The van der Waals surface area contributed by atoms with E-state index in [1.165, 1.54) is 71.0 Å². The second kappa shape index (κ2) is 14.2. The summed E-state index contributed by atoms with van der Waals surface area (Å²) in [6.45, 7) is 3.94. The second-order valence-corrected chi connectivity index (χ2v) is 14.4. The zero-order chi connectivity index (χ0) is 37.4. The summed E-state index contributed by atoms with van der Waals surface area (Å²) in [7, 11) is 0. The van der Waals surface area contributed by atoms with Gasteiger partial charge in [-0.1, -0.05) is 170 Å². The molecule has 56 heavy (non-hydrogen) atoms. The van der Waals surface area contributed by atoms with Crippen molar-refractivity contribution < 1.29 is 0 Å². The van der Waals surface area contributed by atoms with E-state index in [1.54, 1.807) is 0 Å². The normalized spacial score (nSPS) is 13.6. The molecular formula is C54H38N2. The first kappa shape index (κ1) is 33.3. The summed E-state index contributed by atoms with van der Waals surface area (Å²) in [5, 5.41) is 7.48. The van der Waals surface area contributed by atoms with Gasteiger partial charge >= 0.3 is 0 Å². The molecule has 0 saturated heterocycles. The Bertz CT molecular complexity index is 3160. The summed E-state index contributed by atoms with van der Waals surface area (Å²) in [5.74, 6) is 0.931. The van der Waals surface area contributed by atoms with Crippen molar-refractivity contribution in [3.63, 3.8) is 0 Å². The van der Waals surface area contributed by atoms with Gasteiger partial charge in [0.15, 0.2) is 0 Å². The van der Waals surface area contributed by atoms with E-state index in [0.717, 1.165) is 34.5 Å². The average Bonchev–Trinajstić information content (AvgIpc) is 3.66. The molecule has 8 aromatic carbocycles. The van der Waals surface area contributed by atoms with E-state index < -0.39 is 0 Å². The fourth-order valence-corrected chi connectivity index (χ4v) is 8.32. The largest absolute Gasteiger partial charge is 0.292 e. The van der Waals surface area contributed by atoms with Crippen LogP contribution in [0.25, 0.3) is 71.9 Å². The van der Waals surface area contributed by atoms with Crippen LogP contribution in [0.15, 0.2) is 218 Å². The minimum absolute atomic E-state index is 0.799. The number of hydrogen-bond acceptors (Lipinski definition) is 1. The summed E-state index contributed by atoms with van der Waals surface area (Å²) < 4.78 is 2.26. The third kappa shape index (κ3) is 5.98. The standard InChI is InChI=1S/C54H38N2/c1-2-3-5-18-45-36-49(44-29-25-37-14-8-10-16-41(37)33-44)50-35-43(31-32-48(50)53(45)46-30-26-38-15-9-11-17-42(38)34-46)39-23-27-40(28-24-39)54-55-51-21-12-13-22-52(51)56(54)47-19-6-4-7-20-47/h2-35H,1,36H2/b5-3-,45-18+. The van der Waals surface area contributed by atoms with Crippen molar-refractivity contribution in [3.05, 3.63) is 240 Å². The van der Waals surface area contributed by atoms with Crippen molar-refractivity contribution in [2.75, 3.05) is 0 Å². The number of fused-ring (bicyclic) bond motifs is 4. The van der Waals surface area contributed by atoms with Crippen molar-refractivity contribution in [3.8, 4) is 28.2 Å². The van der Waals surface area contributed by atoms with Gasteiger partial charge in [0.25, 0.3) is 0 Å². The van der Waals surface area contributed by atoms with E-state index in [0.29, 0.717) is 0 Å². The number of allylic oxidation sites excluding steroid dienone is 5. The molecule has 0 bridgehead atoms. The van der Waals surface area contributed by atoms with E-state index in [4.69, 9.17) is 4.98 Å². The van der Waals surface area contributed by atoms with Crippen LogP contribution in [-0.2, 0) is 0 Å². The van der Waals surface area contributed by atoms with Gasteiger partial charge in [-0.05, 0) is 120 Å². The van der Waals surface area contributed by atoms with Crippen molar-refractivity contribution >= 4 is 43.7 Å². The van der Waals surface area contributed by atoms with E-state index >= 15 is 0 Å². The molecule has 264 valence electrons. The lowest BCUT2D eigenvalue weighted by atomic mass is 9.81. The monoisotopic (exact) mass is 714 g/mol. The molecule has 0 spiro atoms. The van der Waals surface area contributed by atoms with Crippen LogP contribution >= 0.6 is 0 Å². The van der Waals surface area contributed by atoms with Crippen LogP contribution in [-0.4, -0.2) is 9.55 Å². The number of rotatable bonds is 7. The zero-order valence-corrected chi connectivity index (χ0v) is 30.9. The van der Waals surface area contributed by atoms with Gasteiger partial charge < -0.3 is 0 Å². The summed E-state index contributed by atoms with van der Waals surface area (Å²) in [6.07, 6.45) is 9.04. The average molecular weight is 715 g/mol. The summed E-state index contributed by atoms with van der Waals surface area (Å²) in [6, 6.07) is 65.8. The highest BCUT2D eigenvalue weighted by molar-refractivity contribution is 5.94. The van der Waals surface area contributed by atoms with E-state index in [2.05, 4.69) is 205 Å². The van der Waals surface area contributed by atoms with Crippen molar-refractivity contribution in [2.45, 2.75) is 6.42 Å². The summed E-state index contributed by atoms with van der Waals surface area (Å²) in [4.78, 5) is 5.12. The Balaban J connectivity index is 1.18. The van der Waals surface area contributed by atoms with Crippen LogP contribution < -0.4 is 10.4 Å². The van der Waals surface area contributed by atoms with Crippen molar-refractivity contribution in [1.29, 1.82) is 0 Å². The Hall–Kier alpha value is -7.29. The van der Waals surface area contributed by atoms with Crippen molar-refractivity contribution in [1.82, 2.24) is 9.55 Å². The van der Waals surface area contributed by atoms with Crippen LogP contribution in [0.2, 0.25) is 0 Å². The lowest BCUT2D eigenvalue weighted by Crippen LogP contribution is -2.34. The molecule has 0 unspecified atom stereocenters. The molecular weight excluding hydrogens is 677 g/mol. The smallest absolute Gasteiger partial charge is 0.145 e. The third-order valence-corrected chi connectivity index (χ3v) is 11.0. The minimum Gasteiger partial charge on any atom is -0.292 e. The first-order valence-corrected chi connectivity index (χ1v) is 19.2. The molecule has 9 aromatic rings. The minimum atomic E-state index is 0.799. The summed E-state index contributed by atoms with van der Waals surface area (Å²) in [5.41, 5.74) is 12.9. The maximum Gasteiger partial charge on any atom is 0.145 e. The van der Waals surface area contributed by atoms with Gasteiger partial charge in [0.1, 0.15) is 5.82 Å². The Morgan fingerprint density at radius 3 is 1.84 bits per heavy atom. The van der Waals surface area contributed by atoms with Gasteiger partial charge in [-0.2, -0.15) is 0 Å². The molecule has 0 amide bonds. The van der Waals surface area contributed by atoms with Gasteiger partial charge in [-0.15, -0.1) is 0 Å². The van der Waals surface area contributed by atoms with Gasteiger partial charge in [-0.25, -0.2) is 4.98 Å². The third-order valence-electron chi connectivity index (χ3n) is 11.0. The highest BCUT2D eigenvalue weighted by atomic mass is 15.1. The molecule has 10 rings (SSSR count). The zero-order valence-electron chi connectivity index (χ0n) is 30.9. The quantitative estimate of drug-likeness (QED) is 0.150. The number of aromatic nitrogens is 2. The lowest BCUT2D eigenvalue weighted by Gasteiger charge is -2.22. The lowest BCUT2D eigenvalue weighted by molar-refractivity contribution is 1.10. The molecule has 1 aromatic heterocycles. The SMILES string of the molecule is C=C/C=C\C=C1/CC(c2ccc3ccccc3c2)=c2cc(-c3ccc(-c4nc5ccccc5n4-c4ccccc4)cc3)ccc2=C1c1ccc2ccccc2c1. The molecule has 0 fully saturated rings. The molecule has 0 aliphatic heterocycles. The number of benzene rings is 8. The first-order chi connectivity index (χ1) is 27.7. The number of imidazole rings is 1. The van der Waals surface area contributed by atoms with Gasteiger partial charge in [-0.3, -0.25) is 4.57 Å². The summed E-state index contributed by atoms with van der Waals surface area (Å²) >= 11 is 0. The molecule has 0 N–H and O–H groups in total. The maximum absolute atomic E-state index is 5.12. The second-order valence-electron chi connectivity index (χ2n) is 14.4. The molecule has 0 radical (unpaired) electrons. The number of para-hydroxylation sites is 3. The van der Waals surface area contributed by atoms with Gasteiger partial charge in [0, 0.05) is 11.3 Å². The van der Waals surface area contributed by atoms with Gasteiger partial charge in [0.2, 0.25) is 0 Å². The molecule has 2 heteroatoms. The van der Waals surface area contributed by atoms with E-state index in [-0.39, 0.29) is 0 Å². The molecule has 1 aliphatic rings. The Morgan fingerprint density at radius 2 is 1.09 bits per heavy atom. The molecule has 1 heterocycles. The first-order valence-electron chi connectivity index (χ1n) is 19.2. The Morgan fingerprint density at radius 1 is 0.482 bits per heavy atom. The van der Waals surface area contributed by atoms with E-state index in [1.807, 2.05) is 12.2 Å². The number of hydrogen-bond donors (Lipinski definition) is 0. The van der Waals surface area contributed by atoms with Crippen LogP contribution in [0, 0.1) is 0 Å². The highest BCUT2D eigenvalue weighted by Crippen LogP contribution is 2.35. The highest BCUT2D eigenvalue weighted by Gasteiger charge is 2.21. The van der Waals surface area contributed by atoms with Crippen LogP contribution in [0.5, 0.6) is 0 Å². The van der Waals surface area contributed by atoms with Crippen LogP contribution in [0.1, 0.15) is 17.5 Å². The van der Waals surface area contributed by atoms with E-state index in [9.17, 15) is 0 Å². The fourth-order valence-electron chi connectivity index (χ4n) is 8.32. The van der Waals surface area contributed by atoms with Crippen LogP contribution in [0.4, 0.5) is 0 Å². The Labute approximate surface area is 326 Å². The fraction of sp³-hybridized carbons (Fsp3) is 0.0185. The molecule has 1 aliphatic carbocycles.